The molecule has 0 aromatic heterocycles. The zero-order valence-electron chi connectivity index (χ0n) is 67.6. The fourth-order valence-corrected chi connectivity index (χ4v) is 20.8. The molecule has 116 heavy (non-hydrogen) atoms. The lowest BCUT2D eigenvalue weighted by atomic mass is 9.71. The highest BCUT2D eigenvalue weighted by molar-refractivity contribution is 9.11. The number of hydroxylamine groups is 5. The van der Waals surface area contributed by atoms with Gasteiger partial charge in [0.05, 0.1) is 5.71 Å². The molecule has 6 N–H and O–H groups in total. The lowest BCUT2D eigenvalue weighted by molar-refractivity contribution is -0.224. The molecule has 2 heterocycles. The molecule has 10 aliphatic carbocycles. The Bertz CT molecular complexity index is 5220. The van der Waals surface area contributed by atoms with Gasteiger partial charge in [-0.3, -0.25) is 9.45 Å². The normalized spacial score (nSPS) is 21.7. The van der Waals surface area contributed by atoms with Crippen molar-refractivity contribution in [3.8, 4) is 30.4 Å². The fourth-order valence-electron chi connectivity index (χ4n) is 19.3. The van der Waals surface area contributed by atoms with Crippen LogP contribution < -0.4 is 16.9 Å². The highest BCUT2D eigenvalue weighted by Crippen LogP contribution is 2.63. The van der Waals surface area contributed by atoms with Crippen molar-refractivity contribution in [2.75, 3.05) is 21.1 Å². The molecule has 20 rings (SSSR count). The number of aryl methyl sites for hydroxylation is 8. The molecular weight excluding hydrogens is 1670 g/mol. The number of halogens is 4. The second-order valence-corrected chi connectivity index (χ2v) is 41.4. The molecule has 8 aromatic carbocycles. The Balaban J connectivity index is 0.000000127. The highest BCUT2D eigenvalue weighted by atomic mass is 79.9. The number of nitrogens with zero attached hydrogens (tertiary/aromatic N) is 7. The maximum Gasteiger partial charge on any atom is 0.220 e. The van der Waals surface area contributed by atoms with Crippen molar-refractivity contribution in [1.29, 1.82) is 5.26 Å². The summed E-state index contributed by atoms with van der Waals surface area (Å²) in [6.07, 6.45) is 32.6. The number of fused-ring (bicyclic) bond motifs is 12. The first-order valence-electron chi connectivity index (χ1n) is 40.8. The van der Waals surface area contributed by atoms with E-state index in [2.05, 4.69) is 277 Å². The van der Waals surface area contributed by atoms with Gasteiger partial charge in [-0.25, -0.2) is 35.3 Å². The zero-order valence-corrected chi connectivity index (χ0v) is 74.1. The molecule has 0 bridgehead atoms. The van der Waals surface area contributed by atoms with E-state index in [1.165, 1.54) is 99.5 Å². The summed E-state index contributed by atoms with van der Waals surface area (Å²) < 4.78 is 7.14. The van der Waals surface area contributed by atoms with Crippen LogP contribution in [0, 0.1) is 69.1 Å². The highest BCUT2D eigenvalue weighted by Gasteiger charge is 2.64. The first kappa shape index (κ1) is 85.4. The maximum atomic E-state index is 13.0. The van der Waals surface area contributed by atoms with Crippen molar-refractivity contribution in [3.63, 3.8) is 0 Å². The predicted molar refractivity (Wildman–Crippen MR) is 482 cm³/mol. The third-order valence-corrected chi connectivity index (χ3v) is 28.0. The Hall–Kier alpha value is -8.51. The maximum absolute atomic E-state index is 13.0. The summed E-state index contributed by atoms with van der Waals surface area (Å²) in [5.41, 5.74) is 35.7. The van der Waals surface area contributed by atoms with E-state index in [0.29, 0.717) is 29.5 Å². The summed E-state index contributed by atoms with van der Waals surface area (Å²) in [5.74, 6) is 14.5. The molecule has 8 aromatic rings. The van der Waals surface area contributed by atoms with E-state index >= 15 is 0 Å². The second-order valence-electron chi connectivity index (χ2n) is 34.1. The number of nitrogens with two attached hydrogens (primary N) is 2. The minimum Gasteiger partial charge on any atom is -0.368 e. The molecule has 12 aliphatic rings. The lowest BCUT2D eigenvalue weighted by Crippen LogP contribution is -2.43. The second kappa shape index (κ2) is 36.0. The Morgan fingerprint density at radius 2 is 0.897 bits per heavy atom. The van der Waals surface area contributed by atoms with Crippen LogP contribution in [0.4, 0.5) is 0 Å². The van der Waals surface area contributed by atoms with Gasteiger partial charge < -0.3 is 16.7 Å². The molecule has 2 unspecified atom stereocenters. The first-order valence-corrected chi connectivity index (χ1v) is 46.6. The van der Waals surface area contributed by atoms with Gasteiger partial charge in [0.1, 0.15) is 0 Å². The van der Waals surface area contributed by atoms with Gasteiger partial charge in [0.2, 0.25) is 29.6 Å². The molecular formula is C97H106Br3ClN10O4Si. The summed E-state index contributed by atoms with van der Waals surface area (Å²) in [6, 6.07) is 60.7. The fraction of sp³-hybridized carbons (Fsp3) is 0.392. The minimum atomic E-state index is -1.21. The van der Waals surface area contributed by atoms with Gasteiger partial charge in [0.15, 0.2) is 14.0 Å². The summed E-state index contributed by atoms with van der Waals surface area (Å²) in [4.78, 5) is 40.2. The van der Waals surface area contributed by atoms with Crippen molar-refractivity contribution in [3.05, 3.63) is 284 Å². The number of hydrogen-bond donors (Lipinski definition) is 4. The third kappa shape index (κ3) is 17.9. The summed E-state index contributed by atoms with van der Waals surface area (Å²) in [6.45, 7) is 9.82. The molecule has 19 heteroatoms. The number of guanidine groups is 2. The minimum absolute atomic E-state index is 0. The van der Waals surface area contributed by atoms with Crippen LogP contribution in [-0.2, 0) is 98.2 Å². The van der Waals surface area contributed by atoms with E-state index < -0.39 is 19.7 Å². The monoisotopic (exact) mass is 1770 g/mol. The Morgan fingerprint density at radius 1 is 0.534 bits per heavy atom. The van der Waals surface area contributed by atoms with Crippen molar-refractivity contribution in [1.82, 2.24) is 15.6 Å². The van der Waals surface area contributed by atoms with E-state index in [4.69, 9.17) is 42.8 Å². The molecule has 2 fully saturated rings. The first-order chi connectivity index (χ1) is 55.4. The molecule has 14 nitrogen and oxygen atoms in total. The van der Waals surface area contributed by atoms with Gasteiger partial charge in [-0.2, -0.15) is 10.3 Å². The molecule has 0 radical (unpaired) electrons. The SMILES string of the molecule is C#CC1CC1.C=C=N[Si](C)(C)C.CN1OC2(N=C1N)c1cc(Br)ccc1CC21CCc2ccccc2CC1.CN1OC2(N=C1N)c1cc(C#CC3CC3)ccc1CC21CCc2ccccc2CC1.CNO.Cl.N#CN=C1c2cc(Br)ccc2CC12CCc1ccccc1CC2.O=C1c2cc(Br)ccc2CC12CCc1ccccc1CC2. The number of ketones is 1. The standard InChI is InChI=1S/C26H27N3O.C21H22BrN3O.C20H17BrN2.C19H17BrO.C5H11NSi.C5H6.CH5NO.ClH/c1-29-24(27)28-26(30-29)23-16-19(9-8-18-6-7-18)10-11-22(23)17-25(26)14-12-20-4-2-3-5-21(20)13-15-25;1-25-19(23)24-21(26-25)18-12-17(22)7-6-16(18)13-20(21)10-8-14-4-2-3-5-15(14)9-11-20;21-17-6-5-16-12-20(19(23-13-22)18(16)11-17)9-7-14-3-1-2-4-15(14)8-10-20;20-16-6-5-15-12-19(18(21)17(15)11-16)9-7-13-3-1-2-4-14(13)8-10-19;1-5-6-7(2,3)4;1-2-5-3-4-5;1-2-3;/h2-5,10-11,16,18H,6-7,12-15,17H2,1H3,(H2,27,28);2-7,12H,8-11,13H2,1H3,(H2,23,24);1-6,11H,7-10,12H2;1-6,11H,7-10,12H2;1H2,2-4H3;1,5H,3-4H2;2-3H,1H3;1H. The number of terminal acetylenes is 1. The smallest absolute Gasteiger partial charge is 0.220 e. The number of Topliss-reactive ketones (excluding diaryl/α,β-unsaturated/α-hetero) is 1. The van der Waals surface area contributed by atoms with Crippen LogP contribution >= 0.6 is 60.2 Å². The quantitative estimate of drug-likeness (QED) is 0.0403. The van der Waals surface area contributed by atoms with E-state index in [9.17, 15) is 10.1 Å². The lowest BCUT2D eigenvalue weighted by Gasteiger charge is -2.40. The van der Waals surface area contributed by atoms with Crippen LogP contribution in [0.15, 0.2) is 209 Å². The topological polar surface area (TPSA) is 200 Å². The Labute approximate surface area is 718 Å². The van der Waals surface area contributed by atoms with Crippen LogP contribution in [0.5, 0.6) is 0 Å². The van der Waals surface area contributed by atoms with Crippen molar-refractivity contribution in [2.24, 2.45) is 64.6 Å². The predicted octanol–water partition coefficient (Wildman–Crippen LogP) is 20.1. The van der Waals surface area contributed by atoms with Crippen molar-refractivity contribution < 1.29 is 19.7 Å². The average Bonchev–Trinajstić information content (AvgIpc) is 1.54. The van der Waals surface area contributed by atoms with E-state index in [-0.39, 0.29) is 34.1 Å². The molecule has 2 atom stereocenters. The Kier molecular flexibility index (Phi) is 26.5. The molecule has 6 spiro atoms. The van der Waals surface area contributed by atoms with Crippen molar-refractivity contribution in [2.45, 2.75) is 185 Å². The molecule has 2 saturated carbocycles. The van der Waals surface area contributed by atoms with Gasteiger partial charge >= 0.3 is 0 Å². The van der Waals surface area contributed by atoms with Crippen LogP contribution in [-0.4, -0.2) is 74.0 Å². The van der Waals surface area contributed by atoms with E-state index in [1.807, 2.05) is 20.2 Å². The van der Waals surface area contributed by atoms with Crippen LogP contribution in [0.2, 0.25) is 19.6 Å². The van der Waals surface area contributed by atoms with Gasteiger partial charge in [0.25, 0.3) is 0 Å². The molecule has 600 valence electrons. The average molecular weight is 1780 g/mol. The molecule has 2 aliphatic heterocycles. The van der Waals surface area contributed by atoms with Gasteiger partial charge in [-0.05, 0) is 301 Å². The summed E-state index contributed by atoms with van der Waals surface area (Å²) in [7, 11) is 3.94. The number of hydrogen-bond acceptors (Lipinski definition) is 14. The summed E-state index contributed by atoms with van der Waals surface area (Å²) in [5, 5.41) is 19.8. The van der Waals surface area contributed by atoms with Crippen molar-refractivity contribution >= 4 is 97.7 Å². The number of nitrogens with one attached hydrogen (secondary N) is 1. The number of rotatable bonds is 1. The number of carbonyl (C=O) groups is 1. The third-order valence-electron chi connectivity index (χ3n) is 25.7. The number of carbonyl (C=O) groups excluding carboxylic acids is 1. The zero-order chi connectivity index (χ0) is 80.9. The van der Waals surface area contributed by atoms with E-state index in [0.717, 1.165) is 175 Å². The summed E-state index contributed by atoms with van der Waals surface area (Å²) >= 11 is 10.7. The Morgan fingerprint density at radius 3 is 1.26 bits per heavy atom. The van der Waals surface area contributed by atoms with Gasteiger partial charge in [0, 0.05) is 95.9 Å². The number of nitriles is 1. The van der Waals surface area contributed by atoms with Gasteiger partial charge in [-0.1, -0.05) is 181 Å². The van der Waals surface area contributed by atoms with E-state index in [1.54, 1.807) is 15.6 Å². The molecule has 0 amide bonds. The number of aliphatic imine (C=N–C) groups is 3. The largest absolute Gasteiger partial charge is 0.368 e. The van der Waals surface area contributed by atoms with Crippen LogP contribution in [0.3, 0.4) is 0 Å². The van der Waals surface area contributed by atoms with Crippen LogP contribution in [0.1, 0.15) is 176 Å². The van der Waals surface area contributed by atoms with Crippen LogP contribution in [0.25, 0.3) is 0 Å². The molecule has 0 saturated heterocycles. The number of benzene rings is 8. The van der Waals surface area contributed by atoms with Gasteiger partial charge in [-0.15, -0.1) is 24.8 Å².